The van der Waals surface area contributed by atoms with Gasteiger partial charge >= 0.3 is 5.97 Å². The normalized spacial score (nSPS) is 15.5. The maximum Gasteiger partial charge on any atom is 0.323 e. The van der Waals surface area contributed by atoms with E-state index in [0.717, 1.165) is 0 Å². The highest BCUT2D eigenvalue weighted by molar-refractivity contribution is 8.18. The molecule has 0 atom stereocenters. The average Bonchev–Trinajstić information content (AvgIpc) is 2.80. The van der Waals surface area contributed by atoms with Gasteiger partial charge in [-0.05, 0) is 35.5 Å². The number of hydrogen-bond donors (Lipinski definition) is 1. The van der Waals surface area contributed by atoms with Crippen LogP contribution in [-0.4, -0.2) is 47.4 Å². The van der Waals surface area contributed by atoms with Gasteiger partial charge in [-0.1, -0.05) is 12.0 Å². The van der Waals surface area contributed by atoms with Gasteiger partial charge in [-0.3, -0.25) is 19.3 Å². The molecule has 124 valence electrons. The number of methoxy groups -OCH3 is 1. The Hall–Kier alpha value is -2.92. The van der Waals surface area contributed by atoms with Crippen LogP contribution in [0.15, 0.2) is 23.1 Å². The van der Waals surface area contributed by atoms with Gasteiger partial charge in [0.2, 0.25) is 0 Å². The van der Waals surface area contributed by atoms with Gasteiger partial charge < -0.3 is 14.6 Å². The Morgan fingerprint density at radius 3 is 2.79 bits per heavy atom. The molecule has 0 saturated carbocycles. The van der Waals surface area contributed by atoms with Crippen LogP contribution in [0.4, 0.5) is 4.79 Å². The number of thioether (sulfide) groups is 1. The highest BCUT2D eigenvalue weighted by atomic mass is 32.2. The van der Waals surface area contributed by atoms with Gasteiger partial charge in [0.15, 0.2) is 11.5 Å². The summed E-state index contributed by atoms with van der Waals surface area (Å²) in [5.41, 5.74) is 0.598. The summed E-state index contributed by atoms with van der Waals surface area (Å²) < 4.78 is 10.5. The molecule has 1 aliphatic heterocycles. The molecule has 0 bridgehead atoms. The molecule has 0 aromatic heterocycles. The Balaban J connectivity index is 2.25. The van der Waals surface area contributed by atoms with Crippen LogP contribution in [0.1, 0.15) is 5.56 Å². The number of ether oxygens (including phenoxy) is 2. The van der Waals surface area contributed by atoms with Crippen LogP contribution in [0, 0.1) is 12.3 Å². The lowest BCUT2D eigenvalue weighted by atomic mass is 10.2. The first-order valence-corrected chi connectivity index (χ1v) is 7.49. The SMILES string of the molecule is C#CCOc1ccc(/C=C2/SC(=O)N(CC(=O)O)C2=O)cc1OC. The molecule has 24 heavy (non-hydrogen) atoms. The molecule has 0 aliphatic carbocycles. The van der Waals surface area contributed by atoms with Crippen molar-refractivity contribution in [1.82, 2.24) is 4.90 Å². The van der Waals surface area contributed by atoms with Gasteiger partial charge in [0.1, 0.15) is 13.2 Å². The van der Waals surface area contributed by atoms with Gasteiger partial charge in [-0.15, -0.1) is 6.42 Å². The molecule has 7 nitrogen and oxygen atoms in total. The highest BCUT2D eigenvalue weighted by Crippen LogP contribution is 2.34. The number of carbonyl (C=O) groups excluding carboxylic acids is 2. The van der Waals surface area contributed by atoms with E-state index in [0.29, 0.717) is 33.7 Å². The number of aliphatic carboxylic acids is 1. The number of benzene rings is 1. The molecule has 1 aromatic carbocycles. The summed E-state index contributed by atoms with van der Waals surface area (Å²) in [5.74, 6) is 1.32. The molecule has 8 heteroatoms. The minimum absolute atomic E-state index is 0.0871. The van der Waals surface area contributed by atoms with Crippen molar-refractivity contribution in [2.24, 2.45) is 0 Å². The molecule has 1 fully saturated rings. The lowest BCUT2D eigenvalue weighted by molar-refractivity contribution is -0.140. The average molecular weight is 347 g/mol. The largest absolute Gasteiger partial charge is 0.493 e. The van der Waals surface area contributed by atoms with E-state index in [1.807, 2.05) is 0 Å². The van der Waals surface area contributed by atoms with Gasteiger partial charge in [-0.2, -0.15) is 0 Å². The molecular weight excluding hydrogens is 334 g/mol. The second kappa shape index (κ2) is 7.57. The summed E-state index contributed by atoms with van der Waals surface area (Å²) in [4.78, 5) is 35.3. The first-order chi connectivity index (χ1) is 11.5. The fourth-order valence-corrected chi connectivity index (χ4v) is 2.77. The number of amides is 2. The molecular formula is C16H13NO6S. The third-order valence-corrected chi connectivity index (χ3v) is 3.87. The van der Waals surface area contributed by atoms with Crippen LogP contribution < -0.4 is 9.47 Å². The smallest absolute Gasteiger partial charge is 0.323 e. The predicted octanol–water partition coefficient (Wildman–Crippen LogP) is 1.83. The fourth-order valence-electron chi connectivity index (χ4n) is 1.94. The van der Waals surface area contributed by atoms with Crippen LogP contribution in [-0.2, 0) is 9.59 Å². The zero-order chi connectivity index (χ0) is 17.7. The molecule has 2 amide bonds. The Morgan fingerprint density at radius 2 is 2.17 bits per heavy atom. The number of carboxylic acid groups (broad SMARTS) is 1. The summed E-state index contributed by atoms with van der Waals surface area (Å²) >= 11 is 0.687. The minimum atomic E-state index is -1.25. The zero-order valence-corrected chi connectivity index (χ0v) is 13.5. The van der Waals surface area contributed by atoms with Crippen molar-refractivity contribution in [3.63, 3.8) is 0 Å². The molecule has 0 spiro atoms. The van der Waals surface area contributed by atoms with Crippen LogP contribution >= 0.6 is 11.8 Å². The Morgan fingerprint density at radius 1 is 1.42 bits per heavy atom. The third kappa shape index (κ3) is 3.88. The van der Waals surface area contributed by atoms with Gasteiger partial charge in [0.25, 0.3) is 11.1 Å². The summed E-state index contributed by atoms with van der Waals surface area (Å²) in [7, 11) is 1.46. The quantitative estimate of drug-likeness (QED) is 0.620. The van der Waals surface area contributed by atoms with E-state index in [9.17, 15) is 14.4 Å². The Kier molecular flexibility index (Phi) is 5.50. The van der Waals surface area contributed by atoms with Gasteiger partial charge in [0, 0.05) is 0 Å². The van der Waals surface area contributed by atoms with E-state index in [2.05, 4.69) is 5.92 Å². The number of hydrogen-bond acceptors (Lipinski definition) is 6. The van der Waals surface area contributed by atoms with Gasteiger partial charge in [-0.25, -0.2) is 0 Å². The molecule has 1 N–H and O–H groups in total. The lowest BCUT2D eigenvalue weighted by Crippen LogP contribution is -2.33. The first kappa shape index (κ1) is 17.4. The fraction of sp³-hybridized carbons (Fsp3) is 0.188. The van der Waals surface area contributed by atoms with Crippen LogP contribution in [0.3, 0.4) is 0 Å². The second-order valence-electron chi connectivity index (χ2n) is 4.56. The van der Waals surface area contributed by atoms with E-state index in [1.54, 1.807) is 18.2 Å². The predicted molar refractivity (Wildman–Crippen MR) is 87.6 cm³/mol. The van der Waals surface area contributed by atoms with Crippen molar-refractivity contribution in [1.29, 1.82) is 0 Å². The summed E-state index contributed by atoms with van der Waals surface area (Å²) in [6.45, 7) is -0.575. The lowest BCUT2D eigenvalue weighted by Gasteiger charge is -2.09. The summed E-state index contributed by atoms with van der Waals surface area (Å²) in [6, 6.07) is 4.92. The molecule has 1 aromatic rings. The molecule has 2 rings (SSSR count). The van der Waals surface area contributed by atoms with Crippen molar-refractivity contribution in [2.45, 2.75) is 0 Å². The van der Waals surface area contributed by atoms with Crippen LogP contribution in [0.2, 0.25) is 0 Å². The number of imide groups is 1. The van der Waals surface area contributed by atoms with E-state index in [1.165, 1.54) is 13.2 Å². The molecule has 0 radical (unpaired) electrons. The number of carboxylic acids is 1. The van der Waals surface area contributed by atoms with Crippen LogP contribution in [0.25, 0.3) is 6.08 Å². The number of carbonyl (C=O) groups is 3. The number of nitrogens with zero attached hydrogens (tertiary/aromatic N) is 1. The van der Waals surface area contributed by atoms with Crippen molar-refractivity contribution in [3.8, 4) is 23.8 Å². The topological polar surface area (TPSA) is 93.1 Å². The maximum atomic E-state index is 12.1. The Labute approximate surface area is 142 Å². The van der Waals surface area contributed by atoms with E-state index < -0.39 is 23.7 Å². The van der Waals surface area contributed by atoms with Gasteiger partial charge in [0.05, 0.1) is 12.0 Å². The molecule has 1 saturated heterocycles. The molecule has 1 aliphatic rings. The van der Waals surface area contributed by atoms with Crippen LogP contribution in [0.5, 0.6) is 11.5 Å². The second-order valence-corrected chi connectivity index (χ2v) is 5.56. The Bertz CT molecular complexity index is 764. The van der Waals surface area contributed by atoms with E-state index in [-0.39, 0.29) is 11.5 Å². The van der Waals surface area contributed by atoms with E-state index >= 15 is 0 Å². The van der Waals surface area contributed by atoms with E-state index in [4.69, 9.17) is 21.0 Å². The number of terminal acetylenes is 1. The monoisotopic (exact) mass is 347 g/mol. The third-order valence-electron chi connectivity index (χ3n) is 2.96. The van der Waals surface area contributed by atoms with Crippen molar-refractivity contribution >= 4 is 35.0 Å². The summed E-state index contributed by atoms with van der Waals surface area (Å²) in [5, 5.41) is 8.12. The number of rotatable bonds is 6. The minimum Gasteiger partial charge on any atom is -0.493 e. The van der Waals surface area contributed by atoms with Crippen molar-refractivity contribution in [3.05, 3.63) is 28.7 Å². The molecule has 1 heterocycles. The van der Waals surface area contributed by atoms with Crippen molar-refractivity contribution in [2.75, 3.05) is 20.3 Å². The first-order valence-electron chi connectivity index (χ1n) is 6.67. The highest BCUT2D eigenvalue weighted by Gasteiger charge is 2.36. The van der Waals surface area contributed by atoms with Crippen molar-refractivity contribution < 1.29 is 29.0 Å². The zero-order valence-electron chi connectivity index (χ0n) is 12.6. The molecule has 0 unspecified atom stereocenters. The summed E-state index contributed by atoms with van der Waals surface area (Å²) in [6.07, 6.45) is 6.62. The maximum absolute atomic E-state index is 12.1. The standard InChI is InChI=1S/C16H13NO6S/c1-3-6-23-11-5-4-10(7-12(11)22-2)8-13-15(20)17(9-14(18)19)16(21)24-13/h1,4-5,7-8H,6,9H2,2H3,(H,18,19)/b13-8+.